The Balaban J connectivity index is 1.57. The van der Waals surface area contributed by atoms with Gasteiger partial charge in [-0.3, -0.25) is 4.99 Å². The smallest absolute Gasteiger partial charge is 0.128 e. The fourth-order valence-corrected chi connectivity index (χ4v) is 6.30. The van der Waals surface area contributed by atoms with Crippen molar-refractivity contribution in [1.29, 1.82) is 0 Å². The van der Waals surface area contributed by atoms with Crippen molar-refractivity contribution < 1.29 is 9.84 Å². The van der Waals surface area contributed by atoms with E-state index in [1.807, 2.05) is 18.3 Å². The molecule has 1 saturated carbocycles. The van der Waals surface area contributed by atoms with E-state index in [4.69, 9.17) is 9.73 Å². The minimum atomic E-state index is 0.181. The Morgan fingerprint density at radius 3 is 2.68 bits per heavy atom. The van der Waals surface area contributed by atoms with E-state index in [2.05, 4.69) is 45.9 Å². The zero-order valence-corrected chi connectivity index (χ0v) is 19.7. The highest BCUT2D eigenvalue weighted by atomic mass is 16.5. The number of phenolic OH excluding ortho intramolecular Hbond substituents is 1. The van der Waals surface area contributed by atoms with Crippen molar-refractivity contribution in [3.63, 3.8) is 0 Å². The van der Waals surface area contributed by atoms with Crippen molar-refractivity contribution in [3.05, 3.63) is 58.7 Å². The van der Waals surface area contributed by atoms with E-state index in [0.29, 0.717) is 17.6 Å². The number of hydrogen-bond donors (Lipinski definition) is 1. The zero-order valence-electron chi connectivity index (χ0n) is 19.7. The highest BCUT2D eigenvalue weighted by Crippen LogP contribution is 2.57. The average molecular weight is 420 g/mol. The number of aromatic hydroxyl groups is 1. The molecule has 0 spiro atoms. The summed E-state index contributed by atoms with van der Waals surface area (Å²) in [6.07, 6.45) is 7.98. The summed E-state index contributed by atoms with van der Waals surface area (Å²) in [5, 5.41) is 10.3. The molecule has 0 bridgehead atoms. The molecule has 1 fully saturated rings. The summed E-state index contributed by atoms with van der Waals surface area (Å²) in [5.41, 5.74) is 5.77. The van der Waals surface area contributed by atoms with Crippen molar-refractivity contribution in [2.24, 2.45) is 16.3 Å². The molecule has 2 aromatic rings. The number of ether oxygens (including phenoxy) is 1. The number of hydrogen-bond acceptors (Lipinski definition) is 3. The molecule has 0 aromatic heterocycles. The molecule has 3 heteroatoms. The predicted octanol–water partition coefficient (Wildman–Crippen LogP) is 6.65. The SMILES string of the molecule is COc1ccc(C=NC[C@]2(C)CCC[C@]3(C)c4ccc(C(C)C)cc4CC[C@@H]23)c(O)c1. The van der Waals surface area contributed by atoms with Crippen LogP contribution in [0.25, 0.3) is 0 Å². The Morgan fingerprint density at radius 1 is 1.16 bits per heavy atom. The van der Waals surface area contributed by atoms with Crippen LogP contribution in [0.3, 0.4) is 0 Å². The summed E-state index contributed by atoms with van der Waals surface area (Å²) < 4.78 is 5.18. The average Bonchev–Trinajstić information content (AvgIpc) is 2.74. The van der Waals surface area contributed by atoms with E-state index < -0.39 is 0 Å². The van der Waals surface area contributed by atoms with Crippen LogP contribution in [-0.4, -0.2) is 25.0 Å². The second-order valence-corrected chi connectivity index (χ2v) is 10.5. The van der Waals surface area contributed by atoms with E-state index in [9.17, 15) is 5.11 Å². The molecule has 3 atom stereocenters. The van der Waals surface area contributed by atoms with Gasteiger partial charge in [0.1, 0.15) is 11.5 Å². The van der Waals surface area contributed by atoms with Crippen molar-refractivity contribution in [2.45, 2.75) is 71.1 Å². The van der Waals surface area contributed by atoms with Crippen LogP contribution in [0.5, 0.6) is 11.5 Å². The van der Waals surface area contributed by atoms with Gasteiger partial charge in [-0.1, -0.05) is 52.3 Å². The Bertz CT molecular complexity index is 979. The second kappa shape index (κ2) is 8.33. The molecule has 0 unspecified atom stereocenters. The Morgan fingerprint density at radius 2 is 1.97 bits per heavy atom. The normalized spacial score (nSPS) is 27.9. The first-order valence-electron chi connectivity index (χ1n) is 11.8. The molecule has 2 aliphatic rings. The van der Waals surface area contributed by atoms with Gasteiger partial charge in [0, 0.05) is 24.4 Å². The lowest BCUT2D eigenvalue weighted by Crippen LogP contribution is -2.50. The fraction of sp³-hybridized carbons (Fsp3) is 0.536. The number of aryl methyl sites for hydroxylation is 1. The third-order valence-electron chi connectivity index (χ3n) is 8.09. The number of methoxy groups -OCH3 is 1. The van der Waals surface area contributed by atoms with Gasteiger partial charge in [0.2, 0.25) is 0 Å². The first kappa shape index (κ1) is 21.9. The molecular formula is C28H37NO2. The summed E-state index contributed by atoms with van der Waals surface area (Å²) >= 11 is 0. The lowest BCUT2D eigenvalue weighted by Gasteiger charge is -2.55. The maximum atomic E-state index is 10.3. The van der Waals surface area contributed by atoms with Crippen LogP contribution < -0.4 is 4.74 Å². The van der Waals surface area contributed by atoms with E-state index in [-0.39, 0.29) is 16.6 Å². The number of phenols is 1. The molecule has 0 heterocycles. The number of rotatable bonds is 5. The molecule has 0 radical (unpaired) electrons. The highest BCUT2D eigenvalue weighted by Gasteiger charge is 2.51. The van der Waals surface area contributed by atoms with Crippen LogP contribution in [0.1, 0.15) is 81.5 Å². The Hall–Kier alpha value is -2.29. The summed E-state index contributed by atoms with van der Waals surface area (Å²) in [6, 6.07) is 12.6. The fourth-order valence-electron chi connectivity index (χ4n) is 6.30. The maximum absolute atomic E-state index is 10.3. The topological polar surface area (TPSA) is 41.8 Å². The van der Waals surface area contributed by atoms with Gasteiger partial charge in [-0.15, -0.1) is 0 Å². The van der Waals surface area contributed by atoms with Gasteiger partial charge in [-0.25, -0.2) is 0 Å². The molecule has 2 aromatic carbocycles. The van der Waals surface area contributed by atoms with Gasteiger partial charge < -0.3 is 9.84 Å². The van der Waals surface area contributed by atoms with Gasteiger partial charge in [0.25, 0.3) is 0 Å². The van der Waals surface area contributed by atoms with Crippen LogP contribution in [0.4, 0.5) is 0 Å². The van der Waals surface area contributed by atoms with Crippen LogP contribution in [0, 0.1) is 11.3 Å². The van der Waals surface area contributed by atoms with E-state index in [1.165, 1.54) is 37.7 Å². The minimum Gasteiger partial charge on any atom is -0.507 e. The predicted molar refractivity (Wildman–Crippen MR) is 129 cm³/mol. The van der Waals surface area contributed by atoms with Gasteiger partial charge in [0.05, 0.1) is 7.11 Å². The Kier molecular flexibility index (Phi) is 5.89. The molecular weight excluding hydrogens is 382 g/mol. The second-order valence-electron chi connectivity index (χ2n) is 10.5. The van der Waals surface area contributed by atoms with Crippen molar-refractivity contribution in [3.8, 4) is 11.5 Å². The highest BCUT2D eigenvalue weighted by molar-refractivity contribution is 5.83. The van der Waals surface area contributed by atoms with Crippen LogP contribution in [0.15, 0.2) is 41.4 Å². The van der Waals surface area contributed by atoms with Crippen molar-refractivity contribution >= 4 is 6.21 Å². The molecule has 0 amide bonds. The molecule has 1 N–H and O–H groups in total. The van der Waals surface area contributed by atoms with Crippen molar-refractivity contribution in [1.82, 2.24) is 0 Å². The van der Waals surface area contributed by atoms with Gasteiger partial charge in [0.15, 0.2) is 0 Å². The number of benzene rings is 2. The maximum Gasteiger partial charge on any atom is 0.128 e. The molecule has 0 saturated heterocycles. The van der Waals surface area contributed by atoms with Crippen LogP contribution in [0.2, 0.25) is 0 Å². The molecule has 31 heavy (non-hydrogen) atoms. The first-order chi connectivity index (χ1) is 14.8. The molecule has 0 aliphatic heterocycles. The van der Waals surface area contributed by atoms with E-state index in [0.717, 1.165) is 12.1 Å². The van der Waals surface area contributed by atoms with Gasteiger partial charge in [-0.2, -0.15) is 0 Å². The van der Waals surface area contributed by atoms with Crippen LogP contribution >= 0.6 is 0 Å². The lowest BCUT2D eigenvalue weighted by atomic mass is 9.50. The monoisotopic (exact) mass is 419 g/mol. The summed E-state index contributed by atoms with van der Waals surface area (Å²) in [5.74, 6) is 2.09. The standard InChI is InChI=1S/C28H37NO2/c1-19(2)20-8-11-24-21(15-20)9-12-26-27(3,13-6-14-28(24,26)4)18-29-17-22-7-10-23(31-5)16-25(22)30/h7-8,10-11,15-17,19,26,30H,6,9,12-14,18H2,1-5H3/t26-,27-,28+/m0/s1. The third-order valence-corrected chi connectivity index (χ3v) is 8.09. The van der Waals surface area contributed by atoms with E-state index >= 15 is 0 Å². The van der Waals surface area contributed by atoms with Gasteiger partial charge in [-0.05, 0) is 77.2 Å². The van der Waals surface area contributed by atoms with Gasteiger partial charge >= 0.3 is 0 Å². The summed E-state index contributed by atoms with van der Waals surface area (Å²) in [4.78, 5) is 4.84. The summed E-state index contributed by atoms with van der Waals surface area (Å²) in [6.45, 7) is 10.3. The minimum absolute atomic E-state index is 0.181. The molecule has 3 nitrogen and oxygen atoms in total. The lowest BCUT2D eigenvalue weighted by molar-refractivity contribution is 0.0332. The number of fused-ring (bicyclic) bond motifs is 3. The number of nitrogens with zero attached hydrogens (tertiary/aromatic N) is 1. The quantitative estimate of drug-likeness (QED) is 0.551. The third kappa shape index (κ3) is 4.00. The van der Waals surface area contributed by atoms with E-state index in [1.54, 1.807) is 24.3 Å². The molecule has 166 valence electrons. The largest absolute Gasteiger partial charge is 0.507 e. The number of aliphatic imine (C=N–C) groups is 1. The molecule has 4 rings (SSSR count). The first-order valence-corrected chi connectivity index (χ1v) is 11.8. The Labute approximate surface area is 187 Å². The van der Waals surface area contributed by atoms with Crippen LogP contribution in [-0.2, 0) is 11.8 Å². The van der Waals surface area contributed by atoms with Crippen molar-refractivity contribution in [2.75, 3.05) is 13.7 Å². The summed E-state index contributed by atoms with van der Waals surface area (Å²) in [7, 11) is 1.61. The zero-order chi connectivity index (χ0) is 22.2. The molecule has 2 aliphatic carbocycles.